The molecule has 1 heterocycles. The molecule has 1 fully saturated rings. The van der Waals surface area contributed by atoms with Crippen molar-refractivity contribution in [3.63, 3.8) is 0 Å². The fraction of sp³-hybridized carbons (Fsp3) is 0.500. The average Bonchev–Trinajstić information content (AvgIpc) is 2.38. The smallest absolute Gasteiger partial charge is 0.293 e. The first-order valence-electron chi connectivity index (χ1n) is 5.92. The van der Waals surface area contributed by atoms with Gasteiger partial charge in [-0.25, -0.2) is 0 Å². The Kier molecular flexibility index (Phi) is 4.72. The molecular weight excluding hydrogens is 272 g/mol. The fourth-order valence-electron chi connectivity index (χ4n) is 2.01. The van der Waals surface area contributed by atoms with Crippen LogP contribution in [-0.4, -0.2) is 23.0 Å². The first-order chi connectivity index (χ1) is 8.66. The van der Waals surface area contributed by atoms with Crippen molar-refractivity contribution in [2.45, 2.75) is 12.8 Å². The average molecular weight is 287 g/mol. The van der Waals surface area contributed by atoms with Gasteiger partial charge in [-0.3, -0.25) is 10.1 Å². The summed E-state index contributed by atoms with van der Waals surface area (Å²) in [5.41, 5.74) is 0.607. The second kappa shape index (κ2) is 6.29. The monoisotopic (exact) mass is 286 g/mol. The molecular formula is C12H15ClN2O2S. The van der Waals surface area contributed by atoms with E-state index >= 15 is 0 Å². The van der Waals surface area contributed by atoms with E-state index < -0.39 is 4.92 Å². The van der Waals surface area contributed by atoms with Crippen LogP contribution in [0.2, 0.25) is 5.02 Å². The van der Waals surface area contributed by atoms with Crippen molar-refractivity contribution >= 4 is 34.7 Å². The van der Waals surface area contributed by atoms with Crippen LogP contribution in [0.1, 0.15) is 12.8 Å². The third kappa shape index (κ3) is 3.53. The summed E-state index contributed by atoms with van der Waals surface area (Å²) < 4.78 is 0. The Bertz CT molecular complexity index is 436. The van der Waals surface area contributed by atoms with Gasteiger partial charge in [0.05, 0.1) is 4.92 Å². The number of hydrogen-bond acceptors (Lipinski definition) is 4. The van der Waals surface area contributed by atoms with Crippen molar-refractivity contribution in [2.24, 2.45) is 5.92 Å². The van der Waals surface area contributed by atoms with Crippen molar-refractivity contribution < 1.29 is 4.92 Å². The van der Waals surface area contributed by atoms with E-state index in [0.29, 0.717) is 16.6 Å². The maximum Gasteiger partial charge on any atom is 0.293 e. The van der Waals surface area contributed by atoms with E-state index in [0.717, 1.165) is 6.54 Å². The Morgan fingerprint density at radius 2 is 2.17 bits per heavy atom. The summed E-state index contributed by atoms with van der Waals surface area (Å²) in [5, 5.41) is 14.5. The summed E-state index contributed by atoms with van der Waals surface area (Å²) in [6.07, 6.45) is 2.36. The van der Waals surface area contributed by atoms with Gasteiger partial charge in [0, 0.05) is 17.6 Å². The SMILES string of the molecule is O=[N+]([O-])c1cc(Cl)ccc1NCC1CCSCC1. The quantitative estimate of drug-likeness (QED) is 0.675. The largest absolute Gasteiger partial charge is 0.379 e. The van der Waals surface area contributed by atoms with Gasteiger partial charge in [0.15, 0.2) is 0 Å². The number of nitrogens with one attached hydrogen (secondary N) is 1. The van der Waals surface area contributed by atoms with Crippen LogP contribution in [0.5, 0.6) is 0 Å². The predicted molar refractivity (Wildman–Crippen MR) is 76.6 cm³/mol. The van der Waals surface area contributed by atoms with Gasteiger partial charge in [0.25, 0.3) is 5.69 Å². The molecule has 0 unspecified atom stereocenters. The molecule has 1 aromatic rings. The van der Waals surface area contributed by atoms with E-state index in [1.54, 1.807) is 12.1 Å². The normalized spacial score (nSPS) is 16.5. The summed E-state index contributed by atoms with van der Waals surface area (Å²) in [4.78, 5) is 10.5. The van der Waals surface area contributed by atoms with E-state index in [4.69, 9.17) is 11.6 Å². The summed E-state index contributed by atoms with van der Waals surface area (Å²) in [6.45, 7) is 0.795. The second-order valence-electron chi connectivity index (χ2n) is 4.36. The van der Waals surface area contributed by atoms with Crippen LogP contribution in [0.4, 0.5) is 11.4 Å². The molecule has 1 aromatic carbocycles. The third-order valence-electron chi connectivity index (χ3n) is 3.08. The maximum atomic E-state index is 10.9. The van der Waals surface area contributed by atoms with Gasteiger partial charge in [0.2, 0.25) is 0 Å². The van der Waals surface area contributed by atoms with E-state index in [1.807, 2.05) is 11.8 Å². The van der Waals surface area contributed by atoms with Crippen LogP contribution >= 0.6 is 23.4 Å². The highest BCUT2D eigenvalue weighted by Gasteiger charge is 2.17. The lowest BCUT2D eigenvalue weighted by molar-refractivity contribution is -0.383. The van der Waals surface area contributed by atoms with E-state index in [2.05, 4.69) is 5.32 Å². The molecule has 98 valence electrons. The lowest BCUT2D eigenvalue weighted by atomic mass is 10.0. The number of hydrogen-bond donors (Lipinski definition) is 1. The highest BCUT2D eigenvalue weighted by molar-refractivity contribution is 7.99. The van der Waals surface area contributed by atoms with Gasteiger partial charge in [0.1, 0.15) is 5.69 Å². The zero-order valence-corrected chi connectivity index (χ0v) is 11.5. The van der Waals surface area contributed by atoms with Gasteiger partial charge in [-0.15, -0.1) is 0 Å². The van der Waals surface area contributed by atoms with E-state index in [9.17, 15) is 10.1 Å². The van der Waals surface area contributed by atoms with E-state index in [1.165, 1.54) is 30.4 Å². The molecule has 0 radical (unpaired) electrons. The number of thioether (sulfide) groups is 1. The topological polar surface area (TPSA) is 55.2 Å². The molecule has 2 rings (SSSR count). The van der Waals surface area contributed by atoms with Gasteiger partial charge in [-0.05, 0) is 42.4 Å². The molecule has 0 amide bonds. The lowest BCUT2D eigenvalue weighted by Gasteiger charge is -2.21. The highest BCUT2D eigenvalue weighted by atomic mass is 35.5. The summed E-state index contributed by atoms with van der Waals surface area (Å²) in [6, 6.07) is 4.74. The number of halogens is 1. The Morgan fingerprint density at radius 1 is 1.44 bits per heavy atom. The Balaban J connectivity index is 2.01. The molecule has 0 saturated carbocycles. The minimum atomic E-state index is -0.398. The van der Waals surface area contributed by atoms with Gasteiger partial charge >= 0.3 is 0 Å². The molecule has 0 bridgehead atoms. The van der Waals surface area contributed by atoms with Gasteiger partial charge < -0.3 is 5.32 Å². The van der Waals surface area contributed by atoms with Crippen molar-refractivity contribution in [2.75, 3.05) is 23.4 Å². The predicted octanol–water partition coefficient (Wildman–Crippen LogP) is 3.80. The molecule has 18 heavy (non-hydrogen) atoms. The molecule has 1 aliphatic rings. The zero-order valence-electron chi connectivity index (χ0n) is 9.89. The minimum absolute atomic E-state index is 0.0488. The summed E-state index contributed by atoms with van der Waals surface area (Å²) in [5.74, 6) is 2.99. The van der Waals surface area contributed by atoms with Crippen molar-refractivity contribution in [1.82, 2.24) is 0 Å². The third-order valence-corrected chi connectivity index (χ3v) is 4.36. The second-order valence-corrected chi connectivity index (χ2v) is 6.02. The maximum absolute atomic E-state index is 10.9. The standard InChI is InChI=1S/C12H15ClN2O2S/c13-10-1-2-11(12(7-10)15(16)17)14-8-9-3-5-18-6-4-9/h1-2,7,9,14H,3-6,8H2. The first-order valence-corrected chi connectivity index (χ1v) is 7.45. The number of nitrogens with zero attached hydrogens (tertiary/aromatic N) is 1. The number of nitro groups is 1. The summed E-state index contributed by atoms with van der Waals surface area (Å²) in [7, 11) is 0. The lowest BCUT2D eigenvalue weighted by Crippen LogP contribution is -2.19. The van der Waals surface area contributed by atoms with Crippen LogP contribution in [0, 0.1) is 16.0 Å². The molecule has 4 nitrogen and oxygen atoms in total. The first kappa shape index (κ1) is 13.5. The summed E-state index contributed by atoms with van der Waals surface area (Å²) >= 11 is 7.75. The number of nitro benzene ring substituents is 1. The zero-order chi connectivity index (χ0) is 13.0. The minimum Gasteiger partial charge on any atom is -0.379 e. The number of anilines is 1. The Morgan fingerprint density at radius 3 is 2.83 bits per heavy atom. The molecule has 0 spiro atoms. The van der Waals surface area contributed by atoms with Crippen LogP contribution < -0.4 is 5.32 Å². The molecule has 6 heteroatoms. The molecule has 1 saturated heterocycles. The fourth-order valence-corrected chi connectivity index (χ4v) is 3.38. The number of benzene rings is 1. The molecule has 1 aliphatic heterocycles. The van der Waals surface area contributed by atoms with Gasteiger partial charge in [-0.1, -0.05) is 11.6 Å². The van der Waals surface area contributed by atoms with Gasteiger partial charge in [-0.2, -0.15) is 11.8 Å². The highest BCUT2D eigenvalue weighted by Crippen LogP contribution is 2.29. The van der Waals surface area contributed by atoms with Crippen LogP contribution in [0.3, 0.4) is 0 Å². The Labute approximate surface area is 115 Å². The van der Waals surface area contributed by atoms with E-state index in [-0.39, 0.29) is 5.69 Å². The van der Waals surface area contributed by atoms with Crippen molar-refractivity contribution in [3.05, 3.63) is 33.3 Å². The van der Waals surface area contributed by atoms with Crippen LogP contribution in [0.25, 0.3) is 0 Å². The number of rotatable bonds is 4. The van der Waals surface area contributed by atoms with Crippen LogP contribution in [-0.2, 0) is 0 Å². The molecule has 1 N–H and O–H groups in total. The van der Waals surface area contributed by atoms with Crippen molar-refractivity contribution in [3.8, 4) is 0 Å². The molecule has 0 aliphatic carbocycles. The van der Waals surface area contributed by atoms with Crippen molar-refractivity contribution in [1.29, 1.82) is 0 Å². The molecule has 0 atom stereocenters. The van der Waals surface area contributed by atoms with Crippen LogP contribution in [0.15, 0.2) is 18.2 Å². The Hall–Kier alpha value is -0.940. The molecule has 0 aromatic heterocycles.